The number of alkyl halides is 3. The predicted molar refractivity (Wildman–Crippen MR) is 122 cm³/mol. The van der Waals surface area contributed by atoms with E-state index in [9.17, 15) is 31.5 Å². The van der Waals surface area contributed by atoms with Crippen LogP contribution in [-0.4, -0.2) is 30.1 Å². The number of carboxylic acids is 1. The fourth-order valence-corrected chi connectivity index (χ4v) is 5.10. The molecule has 188 valence electrons. The van der Waals surface area contributed by atoms with Gasteiger partial charge in [0.2, 0.25) is 0 Å². The minimum atomic E-state index is -4.87. The maximum absolute atomic E-state index is 13.7. The third-order valence-corrected chi connectivity index (χ3v) is 7.17. The van der Waals surface area contributed by atoms with Crippen LogP contribution in [0.2, 0.25) is 5.02 Å². The number of carbonyl (C=O) groups is 1. The largest absolute Gasteiger partial charge is 1.00 e. The van der Waals surface area contributed by atoms with Gasteiger partial charge in [-0.2, -0.15) is 0 Å². The zero-order chi connectivity index (χ0) is 26.3. The number of pyridine rings is 1. The van der Waals surface area contributed by atoms with Crippen LogP contribution in [0.5, 0.6) is 5.75 Å². The molecular weight excluding hydrogens is 546 g/mol. The summed E-state index contributed by atoms with van der Waals surface area (Å²) < 4.78 is 71.3. The number of benzene rings is 2. The number of aromatic carboxylic acids is 1. The number of carboxylic acid groups (broad SMARTS) is 1. The summed E-state index contributed by atoms with van der Waals surface area (Å²) in [6.07, 6.45) is -3.31. The van der Waals surface area contributed by atoms with Crippen molar-refractivity contribution in [2.45, 2.75) is 24.7 Å². The Morgan fingerprint density at radius 2 is 1.70 bits per heavy atom. The third kappa shape index (κ3) is 6.39. The first kappa shape index (κ1) is 28.8. The maximum Gasteiger partial charge on any atom is 1.00 e. The van der Waals surface area contributed by atoms with Crippen molar-refractivity contribution in [2.24, 2.45) is 0 Å². The Morgan fingerprint density at radius 1 is 1.08 bits per heavy atom. The number of fused-ring (bicyclic) bond motifs is 1. The molecule has 14 heteroatoms. The summed E-state index contributed by atoms with van der Waals surface area (Å²) in [5, 5.41) is 11.5. The van der Waals surface area contributed by atoms with Gasteiger partial charge in [-0.3, -0.25) is 0 Å². The Morgan fingerprint density at radius 3 is 2.27 bits per heavy atom. The Kier molecular flexibility index (Phi) is 8.50. The average Bonchev–Trinajstić information content (AvgIpc) is 3.12. The smallest absolute Gasteiger partial charge is 0.545 e. The van der Waals surface area contributed by atoms with Gasteiger partial charge in [0, 0.05) is 6.20 Å². The molecule has 2 aromatic heterocycles. The van der Waals surface area contributed by atoms with E-state index < -0.39 is 28.1 Å². The molecule has 2 heterocycles. The number of aryl methyl sites for hydroxylation is 1. The van der Waals surface area contributed by atoms with E-state index >= 15 is 0 Å². The second kappa shape index (κ2) is 10.9. The average molecular weight is 562 g/mol. The molecule has 0 aliphatic rings. The van der Waals surface area contributed by atoms with Crippen molar-refractivity contribution in [3.63, 3.8) is 0 Å². The van der Waals surface area contributed by atoms with Gasteiger partial charge in [-0.1, -0.05) is 35.9 Å². The fourth-order valence-electron chi connectivity index (χ4n) is 3.49. The molecule has 0 aliphatic heterocycles. The number of anilines is 1. The normalized spacial score (nSPS) is 11.7. The molecule has 0 atom stereocenters. The Hall–Kier alpha value is -2.77. The minimum Gasteiger partial charge on any atom is -0.545 e. The van der Waals surface area contributed by atoms with Crippen LogP contribution in [-0.2, 0) is 16.6 Å². The van der Waals surface area contributed by atoms with E-state index in [0.717, 1.165) is 40.7 Å². The summed E-state index contributed by atoms with van der Waals surface area (Å²) in [6, 6.07) is 12.4. The molecule has 2 aromatic carbocycles. The Balaban J connectivity index is 0.00000380. The van der Waals surface area contributed by atoms with E-state index in [4.69, 9.17) is 11.6 Å². The molecule has 0 unspecified atom stereocenters. The molecule has 0 saturated heterocycles. The molecule has 0 radical (unpaired) electrons. The van der Waals surface area contributed by atoms with Crippen LogP contribution >= 0.6 is 11.6 Å². The maximum atomic E-state index is 13.7. The predicted octanol–water partition coefficient (Wildman–Crippen LogP) is 0.958. The summed E-state index contributed by atoms with van der Waals surface area (Å²) in [4.78, 5) is 15.3. The van der Waals surface area contributed by atoms with Gasteiger partial charge in [-0.25, -0.2) is 17.7 Å². The van der Waals surface area contributed by atoms with Gasteiger partial charge in [0.1, 0.15) is 11.4 Å². The Bertz CT molecular complexity index is 1540. The summed E-state index contributed by atoms with van der Waals surface area (Å²) >= 11 is 6.07. The van der Waals surface area contributed by atoms with Crippen LogP contribution < -0.4 is 43.7 Å². The number of carbonyl (C=O) groups excluding carboxylic acids is 1. The first-order valence-electron chi connectivity index (χ1n) is 10.2. The van der Waals surface area contributed by atoms with E-state index in [0.29, 0.717) is 21.9 Å². The van der Waals surface area contributed by atoms with Crippen molar-refractivity contribution in [3.8, 4) is 5.75 Å². The van der Waals surface area contributed by atoms with Crippen LogP contribution in [0.15, 0.2) is 71.8 Å². The summed E-state index contributed by atoms with van der Waals surface area (Å²) in [6.45, 7) is 1.34. The molecule has 37 heavy (non-hydrogen) atoms. The minimum absolute atomic E-state index is 0. The molecule has 4 aromatic rings. The van der Waals surface area contributed by atoms with E-state index in [1.54, 1.807) is 29.7 Å². The first-order chi connectivity index (χ1) is 16.8. The number of ether oxygens (including phenoxy) is 1. The quantitative estimate of drug-likeness (QED) is 0.311. The van der Waals surface area contributed by atoms with Crippen LogP contribution in [0.4, 0.5) is 19.0 Å². The molecule has 0 spiro atoms. The van der Waals surface area contributed by atoms with Crippen LogP contribution in [0, 0.1) is 6.92 Å². The molecule has 0 saturated carbocycles. The van der Waals surface area contributed by atoms with Gasteiger partial charge in [-0.05, 0) is 54.4 Å². The van der Waals surface area contributed by atoms with Crippen molar-refractivity contribution >= 4 is 39.1 Å². The van der Waals surface area contributed by atoms with Crippen molar-refractivity contribution in [1.29, 1.82) is 0 Å². The zero-order valence-electron chi connectivity index (χ0n) is 19.4. The van der Waals surface area contributed by atoms with Crippen molar-refractivity contribution in [2.75, 3.05) is 4.31 Å². The number of aromatic nitrogens is 2. The summed E-state index contributed by atoms with van der Waals surface area (Å²) in [5.41, 5.74) is 0.973. The van der Waals surface area contributed by atoms with Crippen LogP contribution in [0.1, 0.15) is 21.6 Å². The molecule has 0 amide bonds. The number of imidazole rings is 1. The van der Waals surface area contributed by atoms with Gasteiger partial charge in [-0.15, -0.1) is 13.2 Å². The second-order valence-corrected chi connectivity index (χ2v) is 9.91. The number of hydrogen-bond donors (Lipinski definition) is 0. The topological polar surface area (TPSA) is 104 Å². The number of sulfonamides is 1. The van der Waals surface area contributed by atoms with Crippen LogP contribution in [0.25, 0.3) is 5.65 Å². The zero-order valence-corrected chi connectivity index (χ0v) is 22.9. The van der Waals surface area contributed by atoms with Gasteiger partial charge in [0.15, 0.2) is 5.82 Å². The van der Waals surface area contributed by atoms with Gasteiger partial charge in [0.05, 0.1) is 28.1 Å². The summed E-state index contributed by atoms with van der Waals surface area (Å²) in [7, 11) is -4.31. The molecule has 8 nitrogen and oxygen atoms in total. The van der Waals surface area contributed by atoms with E-state index in [-0.39, 0.29) is 52.4 Å². The third-order valence-electron chi connectivity index (χ3n) is 5.19. The number of halogens is 4. The van der Waals surface area contributed by atoms with E-state index in [1.165, 1.54) is 12.1 Å². The van der Waals surface area contributed by atoms with Crippen LogP contribution in [0.3, 0.4) is 0 Å². The SMILES string of the molecule is Cc1c(N(Cc2ccc(OC(F)(F)F)cc2)S(=O)(=O)c2ccc(C(=O)[O-])cc2)nc2ccc(Cl)cn12.[Na+]. The fraction of sp³-hybridized carbons (Fsp3) is 0.130. The van der Waals surface area contributed by atoms with E-state index in [2.05, 4.69) is 9.72 Å². The number of hydrogen-bond acceptors (Lipinski definition) is 6. The van der Waals surface area contributed by atoms with Crippen molar-refractivity contribution in [3.05, 3.63) is 88.7 Å². The molecule has 0 aliphatic carbocycles. The number of nitrogens with zero attached hydrogens (tertiary/aromatic N) is 3. The molecule has 0 fully saturated rings. The molecule has 0 bridgehead atoms. The van der Waals surface area contributed by atoms with Gasteiger partial charge in [0.25, 0.3) is 10.0 Å². The standard InChI is InChI=1S/C23H17ClF3N3O5S.Na/c1-14-21(28-20-11-6-17(24)13-29(14)20)30(12-15-2-7-18(8-3-15)35-23(25,26)27)36(33,34)19-9-4-16(5-10-19)22(31)32;/h2-11,13H,12H2,1H3,(H,31,32);/q;+1/p-1. The first-order valence-corrected chi connectivity index (χ1v) is 12.0. The molecule has 0 N–H and O–H groups in total. The van der Waals surface area contributed by atoms with Gasteiger partial charge >= 0.3 is 35.9 Å². The van der Waals surface area contributed by atoms with Crippen molar-refractivity contribution < 1.29 is 65.8 Å². The van der Waals surface area contributed by atoms with Crippen molar-refractivity contribution in [1.82, 2.24) is 9.38 Å². The number of rotatable bonds is 7. The monoisotopic (exact) mass is 561 g/mol. The van der Waals surface area contributed by atoms with E-state index in [1.807, 2.05) is 0 Å². The summed E-state index contributed by atoms with van der Waals surface area (Å²) in [5.74, 6) is -1.88. The molecule has 4 rings (SSSR count). The Labute approximate surface area is 236 Å². The molecular formula is C23H16ClF3N3NaO5S. The van der Waals surface area contributed by atoms with Gasteiger partial charge < -0.3 is 19.0 Å². The second-order valence-electron chi connectivity index (χ2n) is 7.61.